The van der Waals surface area contributed by atoms with Crippen molar-refractivity contribution in [3.05, 3.63) is 117 Å². The van der Waals surface area contributed by atoms with E-state index in [0.717, 1.165) is 212 Å². The van der Waals surface area contributed by atoms with Crippen LogP contribution in [0.3, 0.4) is 0 Å². The van der Waals surface area contributed by atoms with E-state index in [1.54, 1.807) is 0 Å². The summed E-state index contributed by atoms with van der Waals surface area (Å²) in [6.45, 7) is 38.0. The van der Waals surface area contributed by atoms with E-state index in [1.807, 2.05) is 95.8 Å². The van der Waals surface area contributed by atoms with Crippen molar-refractivity contribution in [3.63, 3.8) is 0 Å². The largest absolute Gasteiger partial charge is 0.490 e. The SMILES string of the molecule is Cc1[nH]c2c(OCCN3CCCC3)ccc(N)c2c1C.Cc1[nH]c2c(OCCN3CCCCC3)ccc(N)c2c1C.Cc1[nH]c2c(OCCN3CCOCC3)ccc(N)c2c1C.Cc1c(C)n(C)c2c(OCCN(C)C)ccc(N)c12.Cc1c(C)n(CCO)c2c(OCCN(C)C)ccc(N)c12. The molecule has 0 aliphatic carbocycles. The highest BCUT2D eigenvalue weighted by atomic mass is 16.5. The summed E-state index contributed by atoms with van der Waals surface area (Å²) in [4.78, 5) is 21.7. The number of aryl methyl sites for hydroxylation is 9. The van der Waals surface area contributed by atoms with Crippen LogP contribution in [-0.2, 0) is 18.3 Å². The van der Waals surface area contributed by atoms with E-state index in [4.69, 9.17) is 57.1 Å². The monoisotopic (exact) mass is 1400 g/mol. The van der Waals surface area contributed by atoms with Gasteiger partial charge >= 0.3 is 0 Å². The number of fused-ring (bicyclic) bond motifs is 5. The maximum Gasteiger partial charge on any atom is 0.143 e. The zero-order valence-corrected chi connectivity index (χ0v) is 63.9. The second-order valence-corrected chi connectivity index (χ2v) is 28.2. The topological polar surface area (TPSA) is 279 Å². The van der Waals surface area contributed by atoms with Gasteiger partial charge in [-0.2, -0.15) is 0 Å². The van der Waals surface area contributed by atoms with Crippen molar-refractivity contribution in [2.75, 3.05) is 182 Å². The average Bonchev–Trinajstić information content (AvgIpc) is 1.66. The molecule has 13 rings (SSSR count). The molecule has 0 atom stereocenters. The fraction of sp³-hybridized carbons (Fsp3) is 0.500. The number of nitrogen functional groups attached to an aromatic ring is 5. The van der Waals surface area contributed by atoms with E-state index in [9.17, 15) is 5.11 Å². The minimum absolute atomic E-state index is 0.0933. The molecule has 22 nitrogen and oxygen atoms in total. The van der Waals surface area contributed by atoms with Crippen LogP contribution >= 0.6 is 0 Å². The molecule has 3 aliphatic rings. The lowest BCUT2D eigenvalue weighted by atomic mass is 10.1. The average molecular weight is 1400 g/mol. The van der Waals surface area contributed by atoms with Crippen molar-refractivity contribution in [2.45, 2.75) is 108 Å². The third kappa shape index (κ3) is 18.7. The first kappa shape index (κ1) is 77.7. The third-order valence-electron chi connectivity index (χ3n) is 20.7. The molecule has 0 saturated carbocycles. The van der Waals surface area contributed by atoms with E-state index in [1.165, 1.54) is 86.2 Å². The number of aromatic amines is 3. The molecule has 0 amide bonds. The maximum atomic E-state index is 9.32. The number of aliphatic hydroxyl groups is 1. The standard InChI is InChI=1S/C17H25N3O.C16H23N3O2.C16H25N3O2.C16H23N3O.C15H23N3O/c1-12-13(2)19-17-15(7-6-14(18)16(12)17)21-11-10-20-8-4-3-5-9-20;1-11-12(2)18-16-14(4-3-13(17)15(11)16)21-10-7-19-5-8-20-9-6-19;1-11-12(2)19(7-9-20)16-14(21-10-8-18(3)4)6-5-13(17)15(11)16;1-11-12(2)18-16-14(6-5-13(17)15(11)16)20-10-9-19-7-3-4-8-19;1-10-11(2)18(5)15-13(19-9-8-17(3)4)7-6-12(16)14(10)15/h6-7,19H,3-5,8-11,18H2,1-2H3;3-4,18H,5-10,17H2,1-2H3;5-6,20H,7-10,17H2,1-4H3;5-6,18H,3-4,7-10,17H2,1-2H3;6-7H,8-9,16H2,1-5H3. The fourth-order valence-corrected chi connectivity index (χ4v) is 14.0. The quantitative estimate of drug-likeness (QED) is 0.0285. The first-order valence-electron chi connectivity index (χ1n) is 36.5. The van der Waals surface area contributed by atoms with E-state index in [2.05, 4.69) is 118 Å². The molecule has 10 aromatic rings. The Morgan fingerprint density at radius 2 is 0.716 bits per heavy atom. The Labute approximate surface area is 604 Å². The number of nitrogens with one attached hydrogen (secondary N) is 3. The summed E-state index contributed by atoms with van der Waals surface area (Å²) in [5.41, 5.74) is 51.5. The van der Waals surface area contributed by atoms with Crippen molar-refractivity contribution in [1.82, 2.24) is 48.6 Å². The molecule has 14 N–H and O–H groups in total. The lowest BCUT2D eigenvalue weighted by molar-refractivity contribution is 0.0323. The van der Waals surface area contributed by atoms with E-state index < -0.39 is 0 Å². The van der Waals surface area contributed by atoms with Crippen molar-refractivity contribution in [3.8, 4) is 28.7 Å². The highest BCUT2D eigenvalue weighted by Gasteiger charge is 2.22. The Bertz CT molecular complexity index is 4270. The van der Waals surface area contributed by atoms with Gasteiger partial charge in [0.15, 0.2) is 0 Å². The summed E-state index contributed by atoms with van der Waals surface area (Å²) in [6.07, 6.45) is 6.65. The molecule has 102 heavy (non-hydrogen) atoms. The summed E-state index contributed by atoms with van der Waals surface area (Å²) >= 11 is 0. The molecule has 556 valence electrons. The van der Waals surface area contributed by atoms with E-state index in [0.29, 0.717) is 26.4 Å². The van der Waals surface area contributed by atoms with Gasteiger partial charge in [0, 0.05) is 143 Å². The van der Waals surface area contributed by atoms with Gasteiger partial charge in [0.25, 0.3) is 0 Å². The zero-order valence-electron chi connectivity index (χ0n) is 63.9. The number of likely N-dealkylation sites (tertiary alicyclic amines) is 2. The Hall–Kier alpha value is -8.48. The van der Waals surface area contributed by atoms with Crippen molar-refractivity contribution in [1.29, 1.82) is 0 Å². The van der Waals surface area contributed by atoms with Crippen molar-refractivity contribution < 1.29 is 33.5 Å². The van der Waals surface area contributed by atoms with Gasteiger partial charge in [-0.25, -0.2) is 0 Å². The molecule has 0 radical (unpaired) electrons. The number of hydrogen-bond donors (Lipinski definition) is 9. The highest BCUT2D eigenvalue weighted by molar-refractivity contribution is 6.02. The van der Waals surface area contributed by atoms with Crippen LogP contribution in [0.5, 0.6) is 28.7 Å². The highest BCUT2D eigenvalue weighted by Crippen LogP contribution is 2.40. The number of hydrogen-bond acceptors (Lipinski definition) is 17. The number of anilines is 5. The third-order valence-corrected chi connectivity index (χ3v) is 20.7. The predicted octanol–water partition coefficient (Wildman–Crippen LogP) is 12.2. The van der Waals surface area contributed by atoms with E-state index in [-0.39, 0.29) is 6.61 Å². The molecular formula is C80H119N15O7. The molecule has 8 heterocycles. The number of morpholine rings is 1. The van der Waals surface area contributed by atoms with Crippen LogP contribution in [-0.4, -0.2) is 207 Å². The molecule has 22 heteroatoms. The summed E-state index contributed by atoms with van der Waals surface area (Å²) in [5.74, 6) is 4.43. The molecule has 3 aliphatic heterocycles. The van der Waals surface area contributed by atoms with Crippen LogP contribution in [0.15, 0.2) is 60.7 Å². The van der Waals surface area contributed by atoms with Crippen LogP contribution in [0.1, 0.15) is 88.4 Å². The number of aliphatic hydroxyl groups excluding tert-OH is 1. The predicted molar refractivity (Wildman–Crippen MR) is 424 cm³/mol. The first-order chi connectivity index (χ1) is 48.9. The Balaban J connectivity index is 0.000000148. The van der Waals surface area contributed by atoms with Crippen molar-refractivity contribution in [2.24, 2.45) is 7.05 Å². The van der Waals surface area contributed by atoms with Crippen LogP contribution in [0.25, 0.3) is 54.5 Å². The van der Waals surface area contributed by atoms with Gasteiger partial charge in [-0.1, -0.05) is 6.42 Å². The van der Waals surface area contributed by atoms with Crippen LogP contribution in [0.2, 0.25) is 0 Å². The van der Waals surface area contributed by atoms with E-state index >= 15 is 0 Å². The van der Waals surface area contributed by atoms with Crippen LogP contribution < -0.4 is 52.4 Å². The summed E-state index contributed by atoms with van der Waals surface area (Å²) < 4.78 is 39.4. The number of nitrogens with zero attached hydrogens (tertiary/aromatic N) is 7. The zero-order chi connectivity index (χ0) is 73.5. The summed E-state index contributed by atoms with van der Waals surface area (Å²) in [6, 6.07) is 19.4. The van der Waals surface area contributed by atoms with Gasteiger partial charge in [-0.3, -0.25) is 14.7 Å². The summed E-state index contributed by atoms with van der Waals surface area (Å²) in [5, 5.41) is 14.7. The van der Waals surface area contributed by atoms with Gasteiger partial charge in [-0.15, -0.1) is 0 Å². The minimum Gasteiger partial charge on any atom is -0.490 e. The lowest BCUT2D eigenvalue weighted by Gasteiger charge is -2.26. The van der Waals surface area contributed by atoms with Crippen molar-refractivity contribution >= 4 is 83.0 Å². The number of benzene rings is 5. The second-order valence-electron chi connectivity index (χ2n) is 28.2. The first-order valence-corrected chi connectivity index (χ1v) is 36.5. The molecule has 0 bridgehead atoms. The normalized spacial score (nSPS) is 14.5. The summed E-state index contributed by atoms with van der Waals surface area (Å²) in [7, 11) is 10.2. The van der Waals surface area contributed by atoms with Gasteiger partial charge < -0.3 is 96.1 Å². The molecule has 3 fully saturated rings. The minimum atomic E-state index is 0.0933. The van der Waals surface area contributed by atoms with Gasteiger partial charge in [0.1, 0.15) is 61.8 Å². The maximum absolute atomic E-state index is 9.32. The Morgan fingerprint density at radius 1 is 0.392 bits per heavy atom. The number of aromatic nitrogens is 5. The molecule has 5 aromatic heterocycles. The van der Waals surface area contributed by atoms with Crippen LogP contribution in [0, 0.1) is 69.2 Å². The Kier molecular flexibility index (Phi) is 27.5. The lowest BCUT2D eigenvalue weighted by Crippen LogP contribution is -2.38. The number of rotatable bonds is 22. The number of nitrogens with two attached hydrogens (primary N) is 5. The number of H-pyrrole nitrogens is 3. The van der Waals surface area contributed by atoms with Gasteiger partial charge in [-0.05, 0) is 238 Å². The van der Waals surface area contributed by atoms with Gasteiger partial charge in [0.05, 0.1) is 47.4 Å². The number of ether oxygens (including phenoxy) is 6. The molecular weight excluding hydrogens is 1280 g/mol. The molecule has 3 saturated heterocycles. The Morgan fingerprint density at radius 3 is 1.10 bits per heavy atom. The number of piperidine rings is 1. The van der Waals surface area contributed by atoms with Crippen LogP contribution in [0.4, 0.5) is 28.4 Å². The molecule has 0 spiro atoms. The molecule has 0 unspecified atom stereocenters. The number of likely N-dealkylation sites (N-methyl/N-ethyl adjacent to an activating group) is 2. The van der Waals surface area contributed by atoms with Gasteiger partial charge in [0.2, 0.25) is 0 Å². The molecule has 5 aromatic carbocycles. The fourth-order valence-electron chi connectivity index (χ4n) is 14.0. The smallest absolute Gasteiger partial charge is 0.143 e. The second kappa shape index (κ2) is 36.1.